The van der Waals surface area contributed by atoms with E-state index in [9.17, 15) is 4.79 Å². The number of rotatable bonds is 3. The average molecular weight is 277 g/mol. The molecule has 0 unspecified atom stereocenters. The van der Waals surface area contributed by atoms with Crippen molar-refractivity contribution in [1.82, 2.24) is 4.98 Å². The second-order valence-electron chi connectivity index (χ2n) is 3.65. The van der Waals surface area contributed by atoms with Crippen molar-refractivity contribution in [1.29, 1.82) is 0 Å². The van der Waals surface area contributed by atoms with E-state index in [0.717, 1.165) is 10.6 Å². The van der Waals surface area contributed by atoms with Crippen molar-refractivity contribution in [2.45, 2.75) is 6.92 Å². The zero-order valence-electron chi connectivity index (χ0n) is 9.64. The number of hydrogen-bond donors (Lipinski definition) is 2. The predicted octanol–water partition coefficient (Wildman–Crippen LogP) is 2.34. The monoisotopic (exact) mass is 277 g/mol. The molecule has 0 fully saturated rings. The molecule has 0 aliphatic carbocycles. The van der Waals surface area contributed by atoms with Gasteiger partial charge in [-0.25, -0.2) is 4.98 Å². The highest BCUT2D eigenvalue weighted by atomic mass is 32.1. The van der Waals surface area contributed by atoms with Crippen LogP contribution in [0.3, 0.4) is 0 Å². The van der Waals surface area contributed by atoms with E-state index in [1.807, 2.05) is 6.92 Å². The molecule has 0 saturated carbocycles. The van der Waals surface area contributed by atoms with Crippen molar-refractivity contribution < 1.29 is 4.79 Å². The van der Waals surface area contributed by atoms with Gasteiger partial charge in [0, 0.05) is 16.6 Å². The van der Waals surface area contributed by atoms with Gasteiger partial charge in [-0.05, 0) is 19.1 Å². The molecule has 0 aliphatic rings. The molecular weight excluding hydrogens is 266 g/mol. The number of amides is 1. The molecule has 1 heterocycles. The molecule has 4 nitrogen and oxygen atoms in total. The van der Waals surface area contributed by atoms with Crippen molar-refractivity contribution in [2.24, 2.45) is 5.73 Å². The molecule has 0 spiro atoms. The minimum absolute atomic E-state index is 0.237. The molecule has 1 amide bonds. The maximum atomic E-state index is 11.9. The van der Waals surface area contributed by atoms with Crippen molar-refractivity contribution in [3.05, 3.63) is 45.9 Å². The number of thiocarbonyl (C=S) groups is 1. The second kappa shape index (κ2) is 5.24. The number of anilines is 1. The van der Waals surface area contributed by atoms with Crippen LogP contribution in [0.2, 0.25) is 0 Å². The summed E-state index contributed by atoms with van der Waals surface area (Å²) in [5.41, 5.74) is 7.32. The Balaban J connectivity index is 2.16. The smallest absolute Gasteiger partial charge is 0.275 e. The van der Waals surface area contributed by atoms with Crippen molar-refractivity contribution in [3.63, 3.8) is 0 Å². The van der Waals surface area contributed by atoms with Crippen molar-refractivity contribution in [3.8, 4) is 0 Å². The molecule has 92 valence electrons. The summed E-state index contributed by atoms with van der Waals surface area (Å²) in [6.45, 7) is 1.86. The number of aryl methyl sites for hydroxylation is 1. The van der Waals surface area contributed by atoms with Gasteiger partial charge in [-0.2, -0.15) is 0 Å². The fourth-order valence-electron chi connectivity index (χ4n) is 1.41. The number of benzene rings is 1. The number of nitrogens with one attached hydrogen (secondary N) is 1. The van der Waals surface area contributed by atoms with E-state index >= 15 is 0 Å². The van der Waals surface area contributed by atoms with E-state index in [-0.39, 0.29) is 5.91 Å². The van der Waals surface area contributed by atoms with Crippen molar-refractivity contribution in [2.75, 3.05) is 5.32 Å². The van der Waals surface area contributed by atoms with E-state index in [2.05, 4.69) is 10.3 Å². The molecule has 2 aromatic rings. The van der Waals surface area contributed by atoms with E-state index in [1.165, 1.54) is 11.3 Å². The SMILES string of the molecule is Cc1nc(C(=O)Nc2cccc(C(N)=S)c2)cs1. The number of thiazole rings is 1. The van der Waals surface area contributed by atoms with Gasteiger partial charge < -0.3 is 11.1 Å². The molecule has 1 aromatic carbocycles. The lowest BCUT2D eigenvalue weighted by atomic mass is 10.2. The molecule has 0 atom stereocenters. The number of hydrogen-bond acceptors (Lipinski definition) is 4. The number of nitrogens with two attached hydrogens (primary N) is 1. The highest BCUT2D eigenvalue weighted by Crippen LogP contribution is 2.13. The fraction of sp³-hybridized carbons (Fsp3) is 0.0833. The topological polar surface area (TPSA) is 68.0 Å². The van der Waals surface area contributed by atoms with E-state index in [4.69, 9.17) is 18.0 Å². The summed E-state index contributed by atoms with van der Waals surface area (Å²) in [6.07, 6.45) is 0. The lowest BCUT2D eigenvalue weighted by Crippen LogP contribution is -2.14. The first-order valence-electron chi connectivity index (χ1n) is 5.19. The van der Waals surface area contributed by atoms with Crippen LogP contribution in [-0.2, 0) is 0 Å². The lowest BCUT2D eigenvalue weighted by Gasteiger charge is -2.05. The van der Waals surface area contributed by atoms with E-state index < -0.39 is 0 Å². The Labute approximate surface area is 114 Å². The van der Waals surface area contributed by atoms with Crippen LogP contribution in [0.15, 0.2) is 29.6 Å². The van der Waals surface area contributed by atoms with Crippen LogP contribution in [0.1, 0.15) is 21.1 Å². The van der Waals surface area contributed by atoms with Crippen LogP contribution in [0, 0.1) is 6.92 Å². The Morgan fingerprint density at radius 1 is 1.50 bits per heavy atom. The third kappa shape index (κ3) is 2.91. The molecule has 1 aromatic heterocycles. The summed E-state index contributed by atoms with van der Waals surface area (Å²) < 4.78 is 0. The standard InChI is InChI=1S/C12H11N3OS2/c1-7-14-10(6-18-7)12(16)15-9-4-2-3-8(5-9)11(13)17/h2-6H,1H3,(H2,13,17)(H,15,16). The Kier molecular flexibility index (Phi) is 3.69. The first-order valence-corrected chi connectivity index (χ1v) is 6.48. The summed E-state index contributed by atoms with van der Waals surface area (Å²) in [5, 5.41) is 5.34. The summed E-state index contributed by atoms with van der Waals surface area (Å²) >= 11 is 6.33. The quantitative estimate of drug-likeness (QED) is 0.845. The molecule has 0 aliphatic heterocycles. The van der Waals surface area contributed by atoms with Gasteiger partial charge in [0.15, 0.2) is 0 Å². The zero-order chi connectivity index (χ0) is 13.1. The minimum Gasteiger partial charge on any atom is -0.389 e. The molecular formula is C12H11N3OS2. The molecule has 3 N–H and O–H groups in total. The Morgan fingerprint density at radius 3 is 2.89 bits per heavy atom. The molecule has 0 radical (unpaired) electrons. The van der Waals surface area contributed by atoms with Crippen molar-refractivity contribution >= 4 is 40.1 Å². The highest BCUT2D eigenvalue weighted by Gasteiger charge is 2.09. The first-order chi connectivity index (χ1) is 8.56. The maximum Gasteiger partial charge on any atom is 0.275 e. The molecule has 6 heteroatoms. The fourth-order valence-corrected chi connectivity index (χ4v) is 2.13. The number of carbonyl (C=O) groups is 1. The van der Waals surface area contributed by atoms with Gasteiger partial charge in [-0.1, -0.05) is 24.4 Å². The molecule has 2 rings (SSSR count). The number of nitrogens with zero attached hydrogens (tertiary/aromatic N) is 1. The Morgan fingerprint density at radius 2 is 2.28 bits per heavy atom. The number of carbonyl (C=O) groups excluding carboxylic acids is 1. The maximum absolute atomic E-state index is 11.9. The van der Waals surface area contributed by atoms with Gasteiger partial charge in [0.2, 0.25) is 0 Å². The largest absolute Gasteiger partial charge is 0.389 e. The normalized spacial score (nSPS) is 10.1. The van der Waals surface area contributed by atoms with Crippen LogP contribution in [-0.4, -0.2) is 15.9 Å². The van der Waals surface area contributed by atoms with Gasteiger partial charge in [0.1, 0.15) is 10.7 Å². The van der Waals surface area contributed by atoms with Gasteiger partial charge >= 0.3 is 0 Å². The van der Waals surface area contributed by atoms with Crippen LogP contribution in [0.4, 0.5) is 5.69 Å². The van der Waals surface area contributed by atoms with Gasteiger partial charge in [-0.3, -0.25) is 4.79 Å². The van der Waals surface area contributed by atoms with Crippen LogP contribution >= 0.6 is 23.6 Å². The molecule has 0 saturated heterocycles. The van der Waals surface area contributed by atoms with Gasteiger partial charge in [0.05, 0.1) is 5.01 Å². The molecule has 18 heavy (non-hydrogen) atoms. The summed E-state index contributed by atoms with van der Waals surface area (Å²) in [6, 6.07) is 7.10. The Hall–Kier alpha value is -1.79. The second-order valence-corrected chi connectivity index (χ2v) is 5.15. The van der Waals surface area contributed by atoms with Crippen LogP contribution in [0.5, 0.6) is 0 Å². The minimum atomic E-state index is -0.237. The van der Waals surface area contributed by atoms with Crippen LogP contribution < -0.4 is 11.1 Å². The predicted molar refractivity (Wildman–Crippen MR) is 77.1 cm³/mol. The number of aromatic nitrogens is 1. The highest BCUT2D eigenvalue weighted by molar-refractivity contribution is 7.80. The Bertz CT molecular complexity index is 607. The van der Waals surface area contributed by atoms with E-state index in [0.29, 0.717) is 16.4 Å². The van der Waals surface area contributed by atoms with E-state index in [1.54, 1.807) is 29.6 Å². The first kappa shape index (κ1) is 12.7. The third-order valence-corrected chi connectivity index (χ3v) is 3.27. The third-order valence-electron chi connectivity index (χ3n) is 2.26. The molecule has 0 bridgehead atoms. The average Bonchev–Trinajstić information content (AvgIpc) is 2.76. The summed E-state index contributed by atoms with van der Waals surface area (Å²) in [5.74, 6) is -0.237. The van der Waals surface area contributed by atoms with Gasteiger partial charge in [-0.15, -0.1) is 11.3 Å². The van der Waals surface area contributed by atoms with Gasteiger partial charge in [0.25, 0.3) is 5.91 Å². The zero-order valence-corrected chi connectivity index (χ0v) is 11.3. The summed E-state index contributed by atoms with van der Waals surface area (Å²) in [4.78, 5) is 16.3. The lowest BCUT2D eigenvalue weighted by molar-refractivity contribution is 0.102. The summed E-state index contributed by atoms with van der Waals surface area (Å²) in [7, 11) is 0. The van der Waals surface area contributed by atoms with Crippen LogP contribution in [0.25, 0.3) is 0 Å².